The minimum Gasteiger partial charge on any atom is -0.441 e. The number of piperazine rings is 1. The molecule has 1 aromatic carbocycles. The summed E-state index contributed by atoms with van der Waals surface area (Å²) in [5, 5.41) is 4.93. The number of amides is 1. The van der Waals surface area contributed by atoms with Crippen LogP contribution in [0, 0.1) is 6.92 Å². The topological polar surface area (TPSA) is 74.5 Å². The molecule has 0 bridgehead atoms. The largest absolute Gasteiger partial charge is 0.441 e. The van der Waals surface area contributed by atoms with Crippen molar-refractivity contribution in [2.75, 3.05) is 31.5 Å². The average molecular weight is 401 g/mol. The van der Waals surface area contributed by atoms with Crippen molar-refractivity contribution in [1.29, 1.82) is 0 Å². The maximum Gasteiger partial charge on any atom is 0.239 e. The van der Waals surface area contributed by atoms with E-state index in [1.54, 1.807) is 12.4 Å². The lowest BCUT2D eigenvalue weighted by Gasteiger charge is -2.37. The molecule has 30 heavy (non-hydrogen) atoms. The zero-order valence-corrected chi connectivity index (χ0v) is 16.8. The molecule has 2 aliphatic rings. The number of oxazole rings is 1. The number of nitrogens with zero attached hydrogens (tertiary/aromatic N) is 4. The molecule has 2 aliphatic heterocycles. The quantitative estimate of drug-likeness (QED) is 0.721. The molecule has 0 unspecified atom stereocenters. The van der Waals surface area contributed by atoms with Gasteiger partial charge in [-0.25, -0.2) is 9.97 Å². The fourth-order valence-electron chi connectivity index (χ4n) is 3.91. The standard InChI is InChI=1S/C23H23N5O2/c1-16-24-13-21(30-16)17-5-6-18-12-25-22(11-19(18)10-17)26-23(29)15-27-8-9-28-7-3-2-4-20(28)14-27/h3-7,10-13H,2,8-9,14-15H2,1H3,(H,25,26,29). The van der Waals surface area contributed by atoms with Gasteiger partial charge in [-0.15, -0.1) is 0 Å². The Balaban J connectivity index is 1.27. The number of hydrogen-bond acceptors (Lipinski definition) is 6. The van der Waals surface area contributed by atoms with E-state index in [2.05, 4.69) is 43.4 Å². The van der Waals surface area contributed by atoms with Gasteiger partial charge in [0, 0.05) is 55.6 Å². The van der Waals surface area contributed by atoms with Crippen molar-refractivity contribution < 1.29 is 9.21 Å². The normalized spacial score (nSPS) is 16.4. The summed E-state index contributed by atoms with van der Waals surface area (Å²) in [4.78, 5) is 25.6. The summed E-state index contributed by atoms with van der Waals surface area (Å²) in [5.41, 5.74) is 2.22. The van der Waals surface area contributed by atoms with Crippen LogP contribution in [0.4, 0.5) is 5.82 Å². The molecule has 1 N–H and O–H groups in total. The first kappa shape index (κ1) is 18.6. The Morgan fingerprint density at radius 2 is 2.10 bits per heavy atom. The van der Waals surface area contributed by atoms with E-state index in [1.807, 2.05) is 31.2 Å². The first-order valence-corrected chi connectivity index (χ1v) is 10.1. The monoisotopic (exact) mass is 401 g/mol. The molecule has 0 saturated carbocycles. The number of allylic oxidation sites excluding steroid dienone is 2. The summed E-state index contributed by atoms with van der Waals surface area (Å²) < 4.78 is 5.62. The third kappa shape index (κ3) is 3.84. The third-order valence-electron chi connectivity index (χ3n) is 5.45. The first-order valence-electron chi connectivity index (χ1n) is 10.1. The molecule has 2 aromatic heterocycles. The minimum absolute atomic E-state index is 0.0516. The van der Waals surface area contributed by atoms with Gasteiger partial charge in [-0.1, -0.05) is 24.3 Å². The van der Waals surface area contributed by atoms with Crippen molar-refractivity contribution in [2.45, 2.75) is 13.3 Å². The van der Waals surface area contributed by atoms with Crippen LogP contribution < -0.4 is 5.32 Å². The second kappa shape index (κ2) is 7.76. The van der Waals surface area contributed by atoms with Gasteiger partial charge in [0.25, 0.3) is 0 Å². The van der Waals surface area contributed by atoms with Crippen LogP contribution in [-0.4, -0.2) is 51.9 Å². The zero-order chi connectivity index (χ0) is 20.5. The number of nitrogens with one attached hydrogen (secondary N) is 1. The van der Waals surface area contributed by atoms with Crippen LogP contribution in [0.1, 0.15) is 12.3 Å². The van der Waals surface area contributed by atoms with Gasteiger partial charge in [0.05, 0.1) is 12.7 Å². The third-order valence-corrected chi connectivity index (χ3v) is 5.45. The Kier molecular flexibility index (Phi) is 4.80. The Morgan fingerprint density at radius 3 is 2.97 bits per heavy atom. The molecular formula is C23H23N5O2. The fraction of sp³-hybridized carbons (Fsp3) is 0.261. The fourth-order valence-corrected chi connectivity index (χ4v) is 3.91. The summed E-state index contributed by atoms with van der Waals surface area (Å²) in [7, 11) is 0. The molecule has 4 heterocycles. The molecule has 1 fully saturated rings. The SMILES string of the molecule is Cc1ncc(-c2ccc3cnc(NC(=O)CN4CCN5C=CCC=C5C4)cc3c2)o1. The van der Waals surface area contributed by atoms with Gasteiger partial charge in [-0.2, -0.15) is 0 Å². The van der Waals surface area contributed by atoms with Crippen molar-refractivity contribution in [3.8, 4) is 11.3 Å². The number of hydrogen-bond donors (Lipinski definition) is 1. The highest BCUT2D eigenvalue weighted by Gasteiger charge is 2.22. The van der Waals surface area contributed by atoms with E-state index in [0.29, 0.717) is 18.3 Å². The Labute approximate surface area is 174 Å². The van der Waals surface area contributed by atoms with E-state index in [0.717, 1.165) is 48.2 Å². The van der Waals surface area contributed by atoms with Gasteiger partial charge in [0.1, 0.15) is 5.82 Å². The summed E-state index contributed by atoms with van der Waals surface area (Å²) in [5.74, 6) is 1.86. The van der Waals surface area contributed by atoms with Gasteiger partial charge >= 0.3 is 0 Å². The van der Waals surface area contributed by atoms with Gasteiger partial charge in [0.15, 0.2) is 11.7 Å². The number of anilines is 1. The average Bonchev–Trinajstić information content (AvgIpc) is 3.19. The van der Waals surface area contributed by atoms with E-state index in [1.165, 1.54) is 5.70 Å². The summed E-state index contributed by atoms with van der Waals surface area (Å²) >= 11 is 0. The molecule has 7 nitrogen and oxygen atoms in total. The van der Waals surface area contributed by atoms with E-state index in [-0.39, 0.29) is 5.91 Å². The molecule has 0 atom stereocenters. The highest BCUT2D eigenvalue weighted by Crippen LogP contribution is 2.26. The molecule has 0 radical (unpaired) electrons. The van der Waals surface area contributed by atoms with Crippen LogP contribution in [0.3, 0.4) is 0 Å². The molecule has 7 heteroatoms. The van der Waals surface area contributed by atoms with Crippen molar-refractivity contribution in [1.82, 2.24) is 19.8 Å². The van der Waals surface area contributed by atoms with Gasteiger partial charge in [-0.05, 0) is 23.9 Å². The molecule has 0 spiro atoms. The molecule has 1 saturated heterocycles. The Morgan fingerprint density at radius 1 is 1.17 bits per heavy atom. The second-order valence-corrected chi connectivity index (χ2v) is 7.64. The number of carbonyl (C=O) groups excluding carboxylic acids is 1. The lowest BCUT2D eigenvalue weighted by Crippen LogP contribution is -2.46. The van der Waals surface area contributed by atoms with E-state index < -0.39 is 0 Å². The van der Waals surface area contributed by atoms with Crippen LogP contribution >= 0.6 is 0 Å². The molecule has 1 amide bonds. The molecular weight excluding hydrogens is 378 g/mol. The van der Waals surface area contributed by atoms with Crippen molar-refractivity contribution in [3.05, 3.63) is 66.6 Å². The number of benzene rings is 1. The Hall–Kier alpha value is -3.45. The van der Waals surface area contributed by atoms with Crippen LogP contribution in [-0.2, 0) is 4.79 Å². The number of carbonyl (C=O) groups is 1. The van der Waals surface area contributed by atoms with Crippen LogP contribution in [0.25, 0.3) is 22.1 Å². The molecule has 152 valence electrons. The number of aromatic nitrogens is 2. The second-order valence-electron chi connectivity index (χ2n) is 7.64. The highest BCUT2D eigenvalue weighted by atomic mass is 16.4. The van der Waals surface area contributed by atoms with Gasteiger partial charge < -0.3 is 14.6 Å². The number of rotatable bonds is 4. The maximum absolute atomic E-state index is 12.6. The number of aryl methyl sites for hydroxylation is 1. The maximum atomic E-state index is 12.6. The van der Waals surface area contributed by atoms with Gasteiger partial charge in [0.2, 0.25) is 5.91 Å². The predicted octanol–water partition coefficient (Wildman–Crippen LogP) is 3.56. The first-order chi connectivity index (χ1) is 14.6. The number of fused-ring (bicyclic) bond motifs is 2. The summed E-state index contributed by atoms with van der Waals surface area (Å²) in [6.45, 7) is 4.74. The smallest absolute Gasteiger partial charge is 0.239 e. The summed E-state index contributed by atoms with van der Waals surface area (Å²) in [6, 6.07) is 7.89. The van der Waals surface area contributed by atoms with E-state index in [4.69, 9.17) is 4.42 Å². The predicted molar refractivity (Wildman–Crippen MR) is 116 cm³/mol. The molecule has 5 rings (SSSR count). The van der Waals surface area contributed by atoms with Crippen molar-refractivity contribution in [2.24, 2.45) is 0 Å². The van der Waals surface area contributed by atoms with Crippen LogP contribution in [0.15, 0.2) is 65.1 Å². The van der Waals surface area contributed by atoms with Crippen LogP contribution in [0.5, 0.6) is 0 Å². The van der Waals surface area contributed by atoms with Crippen LogP contribution in [0.2, 0.25) is 0 Å². The summed E-state index contributed by atoms with van der Waals surface area (Å²) in [6.07, 6.45) is 11.0. The minimum atomic E-state index is -0.0516. The molecule has 3 aromatic rings. The zero-order valence-electron chi connectivity index (χ0n) is 16.8. The van der Waals surface area contributed by atoms with Gasteiger partial charge in [-0.3, -0.25) is 9.69 Å². The molecule has 0 aliphatic carbocycles. The van der Waals surface area contributed by atoms with E-state index in [9.17, 15) is 4.79 Å². The highest BCUT2D eigenvalue weighted by molar-refractivity contribution is 5.94. The lowest BCUT2D eigenvalue weighted by molar-refractivity contribution is -0.117. The van der Waals surface area contributed by atoms with Crippen molar-refractivity contribution >= 4 is 22.5 Å². The Bertz CT molecular complexity index is 1160. The number of pyridine rings is 1. The van der Waals surface area contributed by atoms with Crippen molar-refractivity contribution in [3.63, 3.8) is 0 Å². The van der Waals surface area contributed by atoms with E-state index >= 15 is 0 Å². The lowest BCUT2D eigenvalue weighted by atomic mass is 10.1.